The van der Waals surface area contributed by atoms with Gasteiger partial charge in [0.05, 0.1) is 13.7 Å². The van der Waals surface area contributed by atoms with E-state index in [4.69, 9.17) is 15.2 Å². The number of methoxy groups -OCH3 is 1. The quantitative estimate of drug-likeness (QED) is 0.578. The van der Waals surface area contributed by atoms with E-state index >= 15 is 0 Å². The van der Waals surface area contributed by atoms with Crippen molar-refractivity contribution in [3.63, 3.8) is 0 Å². The van der Waals surface area contributed by atoms with Crippen LogP contribution in [0.15, 0.2) is 23.1 Å². The molecule has 1 aliphatic carbocycles. The molecule has 0 saturated heterocycles. The molecule has 2 N–H and O–H groups in total. The predicted octanol–water partition coefficient (Wildman–Crippen LogP) is 1.32. The number of nitrogens with two attached hydrogens (primary N) is 1. The van der Waals surface area contributed by atoms with Gasteiger partial charge in [-0.3, -0.25) is 0 Å². The topological polar surface area (TPSA) is 81.9 Å². The van der Waals surface area contributed by atoms with E-state index in [-0.39, 0.29) is 10.6 Å². The molecule has 118 valence electrons. The molecule has 21 heavy (non-hydrogen) atoms. The van der Waals surface area contributed by atoms with Crippen molar-refractivity contribution in [2.75, 3.05) is 39.6 Å². The minimum absolute atomic E-state index is 0.115. The van der Waals surface area contributed by atoms with Crippen molar-refractivity contribution in [2.24, 2.45) is 5.92 Å². The number of anilines is 1. The van der Waals surface area contributed by atoms with Crippen LogP contribution in [0.3, 0.4) is 0 Å². The van der Waals surface area contributed by atoms with Crippen molar-refractivity contribution in [2.45, 2.75) is 17.7 Å². The molecule has 0 aliphatic heterocycles. The highest BCUT2D eigenvalue weighted by Crippen LogP contribution is 2.29. The van der Waals surface area contributed by atoms with Crippen LogP contribution in [0, 0.1) is 5.92 Å². The molecule has 7 heteroatoms. The Morgan fingerprint density at radius 1 is 1.38 bits per heavy atom. The fourth-order valence-electron chi connectivity index (χ4n) is 1.91. The molecule has 1 saturated carbocycles. The smallest absolute Gasteiger partial charge is 0.246 e. The van der Waals surface area contributed by atoms with E-state index < -0.39 is 10.0 Å². The van der Waals surface area contributed by atoms with Gasteiger partial charge in [0.15, 0.2) is 0 Å². The lowest BCUT2D eigenvalue weighted by Gasteiger charge is -2.19. The second-order valence-electron chi connectivity index (χ2n) is 5.26. The van der Waals surface area contributed by atoms with Crippen molar-refractivity contribution < 1.29 is 17.9 Å². The van der Waals surface area contributed by atoms with Gasteiger partial charge in [-0.15, -0.1) is 0 Å². The van der Waals surface area contributed by atoms with E-state index in [1.165, 1.54) is 43.4 Å². The Morgan fingerprint density at radius 3 is 2.71 bits per heavy atom. The van der Waals surface area contributed by atoms with Gasteiger partial charge >= 0.3 is 0 Å². The molecular weight excluding hydrogens is 292 g/mol. The molecule has 0 heterocycles. The van der Waals surface area contributed by atoms with E-state index in [1.54, 1.807) is 6.07 Å². The Hall–Kier alpha value is -1.31. The SMILES string of the molecule is COc1cc(N)ccc1S(=O)(=O)N(C)CCOCC1CC1. The van der Waals surface area contributed by atoms with Crippen LogP contribution in [0.2, 0.25) is 0 Å². The van der Waals surface area contributed by atoms with Crippen molar-refractivity contribution in [3.05, 3.63) is 18.2 Å². The molecule has 0 radical (unpaired) electrons. The second-order valence-corrected chi connectivity index (χ2v) is 7.27. The van der Waals surface area contributed by atoms with Gasteiger partial charge < -0.3 is 15.2 Å². The molecule has 1 aromatic rings. The van der Waals surface area contributed by atoms with Crippen LogP contribution in [0.25, 0.3) is 0 Å². The minimum atomic E-state index is -3.61. The summed E-state index contributed by atoms with van der Waals surface area (Å²) >= 11 is 0. The Balaban J connectivity index is 2.01. The van der Waals surface area contributed by atoms with Crippen LogP contribution in [-0.4, -0.2) is 46.6 Å². The molecule has 1 aliphatic rings. The van der Waals surface area contributed by atoms with Crippen molar-refractivity contribution in [1.29, 1.82) is 0 Å². The standard InChI is InChI=1S/C14H22N2O4S/c1-16(7-8-20-10-11-3-4-11)21(17,18)14-6-5-12(15)9-13(14)19-2/h5-6,9,11H,3-4,7-8,10,15H2,1-2H3. The molecule has 2 rings (SSSR count). The molecule has 1 aromatic carbocycles. The van der Waals surface area contributed by atoms with Gasteiger partial charge in [-0.25, -0.2) is 8.42 Å². The highest BCUT2D eigenvalue weighted by atomic mass is 32.2. The van der Waals surface area contributed by atoms with Gasteiger partial charge in [0, 0.05) is 32.0 Å². The average Bonchev–Trinajstić information content (AvgIpc) is 3.26. The summed E-state index contributed by atoms with van der Waals surface area (Å²) in [6.07, 6.45) is 2.44. The normalized spacial score (nSPS) is 15.4. The van der Waals surface area contributed by atoms with Crippen molar-refractivity contribution in [3.8, 4) is 5.75 Å². The Morgan fingerprint density at radius 2 is 2.10 bits per heavy atom. The minimum Gasteiger partial charge on any atom is -0.495 e. The average molecular weight is 314 g/mol. The highest BCUT2D eigenvalue weighted by Gasteiger charge is 2.25. The summed E-state index contributed by atoms with van der Waals surface area (Å²) in [5, 5.41) is 0. The number of hydrogen-bond acceptors (Lipinski definition) is 5. The van der Waals surface area contributed by atoms with Gasteiger partial charge in [-0.1, -0.05) is 0 Å². The summed E-state index contributed by atoms with van der Waals surface area (Å²) in [7, 11) is -0.654. The maximum Gasteiger partial charge on any atom is 0.246 e. The van der Waals surface area contributed by atoms with Crippen LogP contribution in [0.1, 0.15) is 12.8 Å². The zero-order valence-electron chi connectivity index (χ0n) is 12.4. The number of ether oxygens (including phenoxy) is 2. The second kappa shape index (κ2) is 6.64. The number of benzene rings is 1. The maximum atomic E-state index is 12.5. The lowest BCUT2D eigenvalue weighted by molar-refractivity contribution is 0.117. The van der Waals surface area contributed by atoms with Crippen LogP contribution in [0.4, 0.5) is 5.69 Å². The van der Waals surface area contributed by atoms with E-state index in [1.807, 2.05) is 0 Å². The maximum absolute atomic E-state index is 12.5. The fraction of sp³-hybridized carbons (Fsp3) is 0.571. The number of sulfonamides is 1. The highest BCUT2D eigenvalue weighted by molar-refractivity contribution is 7.89. The Labute approximate surface area is 125 Å². The first-order chi connectivity index (χ1) is 9.95. The third-order valence-electron chi connectivity index (χ3n) is 3.48. The summed E-state index contributed by atoms with van der Waals surface area (Å²) in [5.74, 6) is 0.921. The van der Waals surface area contributed by atoms with Crippen LogP contribution in [0.5, 0.6) is 5.75 Å². The van der Waals surface area contributed by atoms with E-state index in [9.17, 15) is 8.42 Å². The predicted molar refractivity (Wildman–Crippen MR) is 80.8 cm³/mol. The Kier molecular flexibility index (Phi) is 5.08. The fourth-order valence-corrected chi connectivity index (χ4v) is 3.20. The lowest BCUT2D eigenvalue weighted by Crippen LogP contribution is -2.30. The molecular formula is C14H22N2O4S. The first-order valence-electron chi connectivity index (χ1n) is 6.92. The van der Waals surface area contributed by atoms with Gasteiger partial charge in [0.25, 0.3) is 0 Å². The molecule has 0 bridgehead atoms. The van der Waals surface area contributed by atoms with E-state index in [0.717, 1.165) is 6.61 Å². The zero-order valence-corrected chi connectivity index (χ0v) is 13.2. The van der Waals surface area contributed by atoms with Gasteiger partial charge in [0.1, 0.15) is 10.6 Å². The molecule has 0 spiro atoms. The lowest BCUT2D eigenvalue weighted by atomic mass is 10.3. The summed E-state index contributed by atoms with van der Waals surface area (Å²) < 4.78 is 36.9. The van der Waals surface area contributed by atoms with Crippen molar-refractivity contribution in [1.82, 2.24) is 4.31 Å². The number of nitrogen functional groups attached to an aromatic ring is 1. The molecule has 0 unspecified atom stereocenters. The summed E-state index contributed by atoms with van der Waals surface area (Å²) in [6, 6.07) is 4.52. The van der Waals surface area contributed by atoms with Crippen molar-refractivity contribution >= 4 is 15.7 Å². The van der Waals surface area contributed by atoms with Gasteiger partial charge in [-0.2, -0.15) is 4.31 Å². The zero-order chi connectivity index (χ0) is 15.5. The molecule has 0 atom stereocenters. The van der Waals surface area contributed by atoms with Crippen LogP contribution in [-0.2, 0) is 14.8 Å². The summed E-state index contributed by atoms with van der Waals surface area (Å²) in [4.78, 5) is 0.115. The van der Waals surface area contributed by atoms with Crippen LogP contribution >= 0.6 is 0 Å². The molecule has 6 nitrogen and oxygen atoms in total. The van der Waals surface area contributed by atoms with E-state index in [0.29, 0.717) is 24.8 Å². The number of likely N-dealkylation sites (N-methyl/N-ethyl adjacent to an activating group) is 1. The first kappa shape index (κ1) is 16.1. The Bertz CT molecular complexity index is 585. The number of hydrogen-bond donors (Lipinski definition) is 1. The third-order valence-corrected chi connectivity index (χ3v) is 5.37. The first-order valence-corrected chi connectivity index (χ1v) is 8.36. The molecule has 0 aromatic heterocycles. The van der Waals surface area contributed by atoms with Crippen LogP contribution < -0.4 is 10.5 Å². The molecule has 1 fully saturated rings. The van der Waals surface area contributed by atoms with Gasteiger partial charge in [-0.05, 0) is 30.9 Å². The summed E-state index contributed by atoms with van der Waals surface area (Å²) in [5.41, 5.74) is 6.11. The third kappa shape index (κ3) is 4.09. The number of rotatable bonds is 8. The number of nitrogens with zero attached hydrogens (tertiary/aromatic N) is 1. The van der Waals surface area contributed by atoms with E-state index in [2.05, 4.69) is 0 Å². The molecule has 0 amide bonds. The largest absolute Gasteiger partial charge is 0.495 e. The van der Waals surface area contributed by atoms with Gasteiger partial charge in [0.2, 0.25) is 10.0 Å². The summed E-state index contributed by atoms with van der Waals surface area (Å²) in [6.45, 7) is 1.42. The monoisotopic (exact) mass is 314 g/mol.